The molecule has 1 atom stereocenters. The Labute approximate surface area is 148 Å². The van der Waals surface area contributed by atoms with Crippen LogP contribution in [0.2, 0.25) is 0 Å². The summed E-state index contributed by atoms with van der Waals surface area (Å²) >= 11 is 0. The van der Waals surface area contributed by atoms with Crippen molar-refractivity contribution in [2.24, 2.45) is 5.92 Å². The Balaban J connectivity index is 1.85. The molecule has 2 aromatic carbocycles. The molecular formula is C21H22N2O2. The predicted molar refractivity (Wildman–Crippen MR) is 96.2 cm³/mol. The molecular weight excluding hydrogens is 312 g/mol. The summed E-state index contributed by atoms with van der Waals surface area (Å²) in [5.74, 6) is 1.35. The number of carbonyl (C=O) groups excluding carboxylic acids is 1. The molecule has 1 aliphatic carbocycles. The fourth-order valence-corrected chi connectivity index (χ4v) is 3.05. The lowest BCUT2D eigenvalue weighted by atomic mass is 10.1. The highest BCUT2D eigenvalue weighted by atomic mass is 16.5. The van der Waals surface area contributed by atoms with Gasteiger partial charge in [-0.15, -0.1) is 0 Å². The zero-order valence-corrected chi connectivity index (χ0v) is 14.6. The SMILES string of the molecule is COc1ccc(CN(C(=O)c2cccc(C#N)c2)[C@@H](C)C2CC2)cc1. The molecule has 3 rings (SSSR count). The van der Waals surface area contributed by atoms with Gasteiger partial charge < -0.3 is 9.64 Å². The van der Waals surface area contributed by atoms with E-state index in [0.29, 0.717) is 23.6 Å². The molecule has 4 nitrogen and oxygen atoms in total. The Kier molecular flexibility index (Phi) is 5.04. The molecule has 1 amide bonds. The third-order valence-electron chi connectivity index (χ3n) is 4.81. The first kappa shape index (κ1) is 17.0. The third kappa shape index (κ3) is 4.00. The second kappa shape index (κ2) is 7.40. The van der Waals surface area contributed by atoms with Crippen LogP contribution < -0.4 is 4.74 Å². The van der Waals surface area contributed by atoms with E-state index < -0.39 is 0 Å². The highest BCUT2D eigenvalue weighted by Gasteiger charge is 2.34. The minimum atomic E-state index is -0.0210. The van der Waals surface area contributed by atoms with Gasteiger partial charge in [-0.3, -0.25) is 4.79 Å². The zero-order valence-electron chi connectivity index (χ0n) is 14.6. The molecule has 128 valence electrons. The Morgan fingerprint density at radius 3 is 2.60 bits per heavy atom. The van der Waals surface area contributed by atoms with Gasteiger partial charge in [0.2, 0.25) is 0 Å². The average molecular weight is 334 g/mol. The van der Waals surface area contributed by atoms with E-state index in [1.165, 1.54) is 12.8 Å². The van der Waals surface area contributed by atoms with Gasteiger partial charge in [-0.2, -0.15) is 5.26 Å². The van der Waals surface area contributed by atoms with E-state index in [1.54, 1.807) is 31.4 Å². The largest absolute Gasteiger partial charge is 0.497 e. The minimum Gasteiger partial charge on any atom is -0.497 e. The topological polar surface area (TPSA) is 53.3 Å². The second-order valence-corrected chi connectivity index (χ2v) is 6.55. The van der Waals surface area contributed by atoms with Crippen LogP contribution in [0.3, 0.4) is 0 Å². The van der Waals surface area contributed by atoms with Crippen molar-refractivity contribution in [1.29, 1.82) is 5.26 Å². The standard InChI is InChI=1S/C21H22N2O2/c1-15(18-8-9-18)23(14-16-6-10-20(25-2)11-7-16)21(24)19-5-3-4-17(12-19)13-22/h3-7,10-12,15,18H,8-9,14H2,1-2H3/t15-/m0/s1. The van der Waals surface area contributed by atoms with E-state index in [9.17, 15) is 4.79 Å². The van der Waals surface area contributed by atoms with Crippen LogP contribution in [-0.2, 0) is 6.54 Å². The van der Waals surface area contributed by atoms with Crippen LogP contribution in [0.5, 0.6) is 5.75 Å². The highest BCUT2D eigenvalue weighted by molar-refractivity contribution is 5.94. The smallest absolute Gasteiger partial charge is 0.254 e. The van der Waals surface area contributed by atoms with E-state index in [2.05, 4.69) is 13.0 Å². The molecule has 0 saturated heterocycles. The summed E-state index contributed by atoms with van der Waals surface area (Å²) < 4.78 is 5.20. The van der Waals surface area contributed by atoms with Crippen molar-refractivity contribution in [2.75, 3.05) is 7.11 Å². The lowest BCUT2D eigenvalue weighted by molar-refractivity contribution is 0.0654. The number of benzene rings is 2. The van der Waals surface area contributed by atoms with Gasteiger partial charge in [0.1, 0.15) is 5.75 Å². The maximum Gasteiger partial charge on any atom is 0.254 e. The first-order valence-corrected chi connectivity index (χ1v) is 8.56. The van der Waals surface area contributed by atoms with Gasteiger partial charge in [-0.1, -0.05) is 18.2 Å². The average Bonchev–Trinajstić information content (AvgIpc) is 3.51. The van der Waals surface area contributed by atoms with Crippen LogP contribution in [0.25, 0.3) is 0 Å². The monoisotopic (exact) mass is 334 g/mol. The molecule has 0 unspecified atom stereocenters. The lowest BCUT2D eigenvalue weighted by Gasteiger charge is -2.30. The fraction of sp³-hybridized carbons (Fsp3) is 0.333. The molecule has 0 aliphatic heterocycles. The molecule has 25 heavy (non-hydrogen) atoms. The summed E-state index contributed by atoms with van der Waals surface area (Å²) in [5, 5.41) is 9.09. The van der Waals surface area contributed by atoms with Gasteiger partial charge >= 0.3 is 0 Å². The van der Waals surface area contributed by atoms with Crippen molar-refractivity contribution in [2.45, 2.75) is 32.4 Å². The number of hydrogen-bond acceptors (Lipinski definition) is 3. The molecule has 1 fully saturated rings. The van der Waals surface area contributed by atoms with E-state index in [-0.39, 0.29) is 11.9 Å². The third-order valence-corrected chi connectivity index (χ3v) is 4.81. The Hall–Kier alpha value is -2.80. The van der Waals surface area contributed by atoms with Crippen LogP contribution >= 0.6 is 0 Å². The van der Waals surface area contributed by atoms with Crippen LogP contribution in [-0.4, -0.2) is 24.0 Å². The number of carbonyl (C=O) groups is 1. The van der Waals surface area contributed by atoms with Crippen molar-refractivity contribution < 1.29 is 9.53 Å². The van der Waals surface area contributed by atoms with Crippen molar-refractivity contribution in [1.82, 2.24) is 4.90 Å². The Morgan fingerprint density at radius 2 is 2.00 bits per heavy atom. The molecule has 0 bridgehead atoms. The summed E-state index contributed by atoms with van der Waals surface area (Å²) in [6.07, 6.45) is 2.34. The molecule has 4 heteroatoms. The zero-order chi connectivity index (χ0) is 17.8. The van der Waals surface area contributed by atoms with E-state index in [1.807, 2.05) is 29.2 Å². The van der Waals surface area contributed by atoms with Crippen molar-refractivity contribution in [3.05, 3.63) is 65.2 Å². The lowest BCUT2D eigenvalue weighted by Crippen LogP contribution is -2.39. The minimum absolute atomic E-state index is 0.0210. The molecule has 0 heterocycles. The molecule has 0 N–H and O–H groups in total. The quantitative estimate of drug-likeness (QED) is 0.802. The van der Waals surface area contributed by atoms with E-state index >= 15 is 0 Å². The number of methoxy groups -OCH3 is 1. The van der Waals surface area contributed by atoms with Gasteiger partial charge in [0.25, 0.3) is 5.91 Å². The first-order chi connectivity index (χ1) is 12.1. The van der Waals surface area contributed by atoms with E-state index in [0.717, 1.165) is 11.3 Å². The van der Waals surface area contributed by atoms with Gasteiger partial charge in [-0.25, -0.2) is 0 Å². The number of rotatable bonds is 6. The maximum absolute atomic E-state index is 13.1. The molecule has 0 aromatic heterocycles. The molecule has 2 aromatic rings. The van der Waals surface area contributed by atoms with Crippen molar-refractivity contribution in [3.8, 4) is 11.8 Å². The summed E-state index contributed by atoms with van der Waals surface area (Å²) in [4.78, 5) is 15.0. The van der Waals surface area contributed by atoms with Crippen LogP contribution in [0.15, 0.2) is 48.5 Å². The summed E-state index contributed by atoms with van der Waals surface area (Å²) in [6, 6.07) is 17.0. The van der Waals surface area contributed by atoms with Crippen LogP contribution in [0.1, 0.15) is 41.3 Å². The van der Waals surface area contributed by atoms with Gasteiger partial charge in [0, 0.05) is 18.2 Å². The van der Waals surface area contributed by atoms with Gasteiger partial charge in [-0.05, 0) is 61.6 Å². The summed E-state index contributed by atoms with van der Waals surface area (Å²) in [5.41, 5.74) is 2.15. The molecule has 1 saturated carbocycles. The summed E-state index contributed by atoms with van der Waals surface area (Å²) in [7, 11) is 1.64. The van der Waals surface area contributed by atoms with Crippen LogP contribution in [0, 0.1) is 17.2 Å². The predicted octanol–water partition coefficient (Wildman–Crippen LogP) is 4.01. The Morgan fingerprint density at radius 1 is 1.28 bits per heavy atom. The van der Waals surface area contributed by atoms with Gasteiger partial charge in [0.05, 0.1) is 18.7 Å². The number of nitrogens with zero attached hydrogens (tertiary/aromatic N) is 2. The number of hydrogen-bond donors (Lipinski definition) is 0. The normalized spacial score (nSPS) is 14.4. The Bertz CT molecular complexity index is 788. The molecule has 0 radical (unpaired) electrons. The van der Waals surface area contributed by atoms with Crippen LogP contribution in [0.4, 0.5) is 0 Å². The maximum atomic E-state index is 13.1. The molecule has 1 aliphatic rings. The number of ether oxygens (including phenoxy) is 1. The highest BCUT2D eigenvalue weighted by Crippen LogP contribution is 2.36. The fourth-order valence-electron chi connectivity index (χ4n) is 3.05. The number of nitriles is 1. The summed E-state index contributed by atoms with van der Waals surface area (Å²) in [6.45, 7) is 2.67. The number of amides is 1. The van der Waals surface area contributed by atoms with Gasteiger partial charge in [0.15, 0.2) is 0 Å². The molecule has 0 spiro atoms. The first-order valence-electron chi connectivity index (χ1n) is 8.56. The van der Waals surface area contributed by atoms with E-state index in [4.69, 9.17) is 10.00 Å². The van der Waals surface area contributed by atoms with Crippen molar-refractivity contribution >= 4 is 5.91 Å². The second-order valence-electron chi connectivity index (χ2n) is 6.55. The van der Waals surface area contributed by atoms with Crippen molar-refractivity contribution in [3.63, 3.8) is 0 Å².